The number of benzene rings is 1. The Labute approximate surface area is 111 Å². The molecule has 0 atom stereocenters. The number of nitrogens with two attached hydrogens (primary N) is 1. The first-order chi connectivity index (χ1) is 7.98. The van der Waals surface area contributed by atoms with E-state index < -0.39 is 5.67 Å². The van der Waals surface area contributed by atoms with E-state index in [1.807, 2.05) is 0 Å². The molecule has 0 heterocycles. The lowest BCUT2D eigenvalue weighted by Gasteiger charge is -2.32. The van der Waals surface area contributed by atoms with E-state index >= 15 is 0 Å². The minimum absolute atomic E-state index is 0.152. The second kappa shape index (κ2) is 5.13. The summed E-state index contributed by atoms with van der Waals surface area (Å²) >= 11 is 11.9. The summed E-state index contributed by atoms with van der Waals surface area (Å²) in [5, 5.41) is 1.13. The van der Waals surface area contributed by atoms with Gasteiger partial charge in [0.05, 0.1) is 0 Å². The molecule has 0 aromatic heterocycles. The van der Waals surface area contributed by atoms with Crippen molar-refractivity contribution in [3.05, 3.63) is 33.8 Å². The summed E-state index contributed by atoms with van der Waals surface area (Å²) in [5.41, 5.74) is 5.46. The molecule has 94 valence electrons. The Kier molecular flexibility index (Phi) is 3.96. The van der Waals surface area contributed by atoms with Gasteiger partial charge in [-0.1, -0.05) is 29.3 Å². The summed E-state index contributed by atoms with van der Waals surface area (Å²) in [6.07, 6.45) is 2.90. The predicted molar refractivity (Wildman–Crippen MR) is 70.4 cm³/mol. The van der Waals surface area contributed by atoms with Crippen molar-refractivity contribution in [1.82, 2.24) is 0 Å². The quantitative estimate of drug-likeness (QED) is 0.863. The van der Waals surface area contributed by atoms with Gasteiger partial charge in [0, 0.05) is 22.5 Å². The molecule has 4 heteroatoms. The van der Waals surface area contributed by atoms with Gasteiger partial charge >= 0.3 is 0 Å². The van der Waals surface area contributed by atoms with Crippen molar-refractivity contribution in [2.45, 2.75) is 43.8 Å². The van der Waals surface area contributed by atoms with Gasteiger partial charge in [0.1, 0.15) is 5.67 Å². The fourth-order valence-corrected chi connectivity index (χ4v) is 2.82. The van der Waals surface area contributed by atoms with Gasteiger partial charge < -0.3 is 5.73 Å². The highest BCUT2D eigenvalue weighted by Crippen LogP contribution is 2.36. The molecule has 1 aromatic carbocycles. The molecule has 1 nitrogen and oxygen atoms in total. The number of halogens is 3. The van der Waals surface area contributed by atoms with Crippen molar-refractivity contribution in [3.63, 3.8) is 0 Å². The maximum absolute atomic E-state index is 14.6. The van der Waals surface area contributed by atoms with Crippen LogP contribution in [-0.2, 0) is 6.42 Å². The molecule has 1 fully saturated rings. The molecule has 0 saturated heterocycles. The molecule has 0 aliphatic heterocycles. The fraction of sp³-hybridized carbons (Fsp3) is 0.538. The molecule has 1 aliphatic rings. The van der Waals surface area contributed by atoms with E-state index in [1.165, 1.54) is 0 Å². The first-order valence-electron chi connectivity index (χ1n) is 5.87. The van der Waals surface area contributed by atoms with E-state index in [1.54, 1.807) is 18.2 Å². The first kappa shape index (κ1) is 13.1. The van der Waals surface area contributed by atoms with Gasteiger partial charge in [0.25, 0.3) is 0 Å². The standard InChI is InChI=1S/C13H16Cl2FN/c14-10-2-1-9(12(15)7-10)8-13(16)5-3-11(17)4-6-13/h1-2,7,11H,3-6,8,17H2. The summed E-state index contributed by atoms with van der Waals surface area (Å²) in [7, 11) is 0. The lowest BCUT2D eigenvalue weighted by Crippen LogP contribution is -2.37. The third-order valence-electron chi connectivity index (χ3n) is 3.45. The monoisotopic (exact) mass is 275 g/mol. The highest BCUT2D eigenvalue weighted by Gasteiger charge is 2.34. The molecular weight excluding hydrogens is 260 g/mol. The fourth-order valence-electron chi connectivity index (χ4n) is 2.34. The van der Waals surface area contributed by atoms with Crippen molar-refractivity contribution < 1.29 is 4.39 Å². The lowest BCUT2D eigenvalue weighted by atomic mass is 9.80. The zero-order valence-electron chi connectivity index (χ0n) is 9.56. The molecule has 2 N–H and O–H groups in total. The summed E-state index contributed by atoms with van der Waals surface area (Å²) in [6, 6.07) is 5.37. The topological polar surface area (TPSA) is 26.0 Å². The SMILES string of the molecule is NC1CCC(F)(Cc2ccc(Cl)cc2Cl)CC1. The molecular formula is C13H16Cl2FN. The average Bonchev–Trinajstić information content (AvgIpc) is 2.27. The molecule has 0 spiro atoms. The van der Waals surface area contributed by atoms with Crippen molar-refractivity contribution in [3.8, 4) is 0 Å². The second-order valence-corrected chi connectivity index (χ2v) is 5.74. The second-order valence-electron chi connectivity index (χ2n) is 4.90. The first-order valence-corrected chi connectivity index (χ1v) is 6.62. The minimum Gasteiger partial charge on any atom is -0.328 e. The number of alkyl halides is 1. The van der Waals surface area contributed by atoms with Gasteiger partial charge in [-0.05, 0) is 43.4 Å². The maximum Gasteiger partial charge on any atom is 0.115 e. The summed E-state index contributed by atoms with van der Waals surface area (Å²) in [4.78, 5) is 0. The molecule has 1 aromatic rings. The van der Waals surface area contributed by atoms with Gasteiger partial charge in [-0.2, -0.15) is 0 Å². The minimum atomic E-state index is -1.16. The van der Waals surface area contributed by atoms with Gasteiger partial charge in [-0.3, -0.25) is 0 Å². The van der Waals surface area contributed by atoms with E-state index in [0.717, 1.165) is 18.4 Å². The zero-order chi connectivity index (χ0) is 12.5. The molecule has 1 aliphatic carbocycles. The van der Waals surface area contributed by atoms with Crippen LogP contribution in [0.2, 0.25) is 10.0 Å². The van der Waals surface area contributed by atoms with Crippen molar-refractivity contribution >= 4 is 23.2 Å². The van der Waals surface area contributed by atoms with Crippen LogP contribution in [0.3, 0.4) is 0 Å². The van der Waals surface area contributed by atoms with Crippen LogP contribution in [0.4, 0.5) is 4.39 Å². The lowest BCUT2D eigenvalue weighted by molar-refractivity contribution is 0.0995. The smallest absolute Gasteiger partial charge is 0.115 e. The largest absolute Gasteiger partial charge is 0.328 e. The highest BCUT2D eigenvalue weighted by molar-refractivity contribution is 6.35. The Morgan fingerprint density at radius 2 is 1.94 bits per heavy atom. The highest BCUT2D eigenvalue weighted by atomic mass is 35.5. The Hall–Kier alpha value is -0.310. The maximum atomic E-state index is 14.6. The van der Waals surface area contributed by atoms with Crippen LogP contribution in [0, 0.1) is 0 Å². The van der Waals surface area contributed by atoms with Crippen LogP contribution in [-0.4, -0.2) is 11.7 Å². The van der Waals surface area contributed by atoms with Gasteiger partial charge in [0.15, 0.2) is 0 Å². The van der Waals surface area contributed by atoms with Crippen LogP contribution >= 0.6 is 23.2 Å². The number of hydrogen-bond donors (Lipinski definition) is 1. The zero-order valence-corrected chi connectivity index (χ0v) is 11.1. The third kappa shape index (κ3) is 3.34. The van der Waals surface area contributed by atoms with E-state index in [2.05, 4.69) is 0 Å². The summed E-state index contributed by atoms with van der Waals surface area (Å²) in [6.45, 7) is 0. The predicted octanol–water partition coefficient (Wildman–Crippen LogP) is 4.15. The average molecular weight is 276 g/mol. The van der Waals surface area contributed by atoms with E-state index in [0.29, 0.717) is 29.3 Å². The van der Waals surface area contributed by atoms with Crippen LogP contribution in [0.1, 0.15) is 31.2 Å². The van der Waals surface area contributed by atoms with Crippen LogP contribution in [0.5, 0.6) is 0 Å². The Morgan fingerprint density at radius 3 is 2.53 bits per heavy atom. The molecule has 0 bridgehead atoms. The van der Waals surface area contributed by atoms with Crippen molar-refractivity contribution in [2.24, 2.45) is 5.73 Å². The van der Waals surface area contributed by atoms with Crippen molar-refractivity contribution in [2.75, 3.05) is 0 Å². The van der Waals surface area contributed by atoms with E-state index in [9.17, 15) is 4.39 Å². The van der Waals surface area contributed by atoms with Gasteiger partial charge in [-0.25, -0.2) is 4.39 Å². The molecule has 0 unspecified atom stereocenters. The molecule has 17 heavy (non-hydrogen) atoms. The molecule has 0 amide bonds. The van der Waals surface area contributed by atoms with E-state index in [4.69, 9.17) is 28.9 Å². The van der Waals surface area contributed by atoms with Gasteiger partial charge in [0.2, 0.25) is 0 Å². The van der Waals surface area contributed by atoms with Crippen LogP contribution < -0.4 is 5.73 Å². The van der Waals surface area contributed by atoms with Crippen LogP contribution in [0.25, 0.3) is 0 Å². The molecule has 0 radical (unpaired) electrons. The van der Waals surface area contributed by atoms with Gasteiger partial charge in [-0.15, -0.1) is 0 Å². The van der Waals surface area contributed by atoms with Crippen molar-refractivity contribution in [1.29, 1.82) is 0 Å². The van der Waals surface area contributed by atoms with Crippen LogP contribution in [0.15, 0.2) is 18.2 Å². The summed E-state index contributed by atoms with van der Waals surface area (Å²) in [5.74, 6) is 0. The Balaban J connectivity index is 2.09. The van der Waals surface area contributed by atoms with E-state index in [-0.39, 0.29) is 6.04 Å². The number of rotatable bonds is 2. The Morgan fingerprint density at radius 1 is 1.29 bits per heavy atom. The third-order valence-corrected chi connectivity index (χ3v) is 4.04. The number of hydrogen-bond acceptors (Lipinski definition) is 1. The summed E-state index contributed by atoms with van der Waals surface area (Å²) < 4.78 is 14.6. The Bertz CT molecular complexity index is 400. The molecule has 1 saturated carbocycles. The normalized spacial score (nSPS) is 29.3. The molecule has 2 rings (SSSR count).